The number of likely N-dealkylation sites (tertiary alicyclic amines) is 1. The number of anilines is 1. The van der Waals surface area contributed by atoms with Crippen LogP contribution >= 0.6 is 11.6 Å². The molecule has 2 aliphatic rings. The van der Waals surface area contributed by atoms with Crippen LogP contribution in [0.3, 0.4) is 0 Å². The summed E-state index contributed by atoms with van der Waals surface area (Å²) in [5.41, 5.74) is 1.77. The molecule has 0 atom stereocenters. The molecule has 1 aliphatic carbocycles. The monoisotopic (exact) mass is 320 g/mol. The molecule has 2 fully saturated rings. The van der Waals surface area contributed by atoms with Crippen LogP contribution in [-0.4, -0.2) is 29.8 Å². The summed E-state index contributed by atoms with van der Waals surface area (Å²) in [4.78, 5) is 26.3. The number of nitrogens with one attached hydrogen (secondary N) is 1. The summed E-state index contributed by atoms with van der Waals surface area (Å²) in [7, 11) is 0. The first-order valence-electron chi connectivity index (χ1n) is 7.90. The number of carbonyl (C=O) groups excluding carboxylic acids is 2. The van der Waals surface area contributed by atoms with Gasteiger partial charge in [0.15, 0.2) is 0 Å². The van der Waals surface area contributed by atoms with Gasteiger partial charge in [-0.3, -0.25) is 9.59 Å². The standard InChI is InChI=1S/C17H21ClN2O2/c1-11-10-14(18)4-5-15(11)19-16(21)12-6-8-20(9-7-12)17(22)13-2-3-13/h4-5,10,12-13H,2-3,6-9H2,1H3,(H,19,21). The van der Waals surface area contributed by atoms with E-state index < -0.39 is 0 Å². The second-order valence-corrected chi connectivity index (χ2v) is 6.76. The van der Waals surface area contributed by atoms with E-state index in [-0.39, 0.29) is 23.7 Å². The van der Waals surface area contributed by atoms with Crippen LogP contribution in [0.25, 0.3) is 0 Å². The van der Waals surface area contributed by atoms with Gasteiger partial charge in [-0.25, -0.2) is 0 Å². The van der Waals surface area contributed by atoms with E-state index in [1.54, 1.807) is 6.07 Å². The molecule has 118 valence electrons. The molecule has 2 amide bonds. The molecular weight excluding hydrogens is 300 g/mol. The summed E-state index contributed by atoms with van der Waals surface area (Å²) >= 11 is 5.93. The minimum absolute atomic E-state index is 0.0154. The zero-order chi connectivity index (χ0) is 15.7. The maximum atomic E-state index is 12.4. The predicted octanol–water partition coefficient (Wildman–Crippen LogP) is 3.24. The predicted molar refractivity (Wildman–Crippen MR) is 86.8 cm³/mol. The molecule has 0 bridgehead atoms. The highest BCUT2D eigenvalue weighted by molar-refractivity contribution is 6.30. The Morgan fingerprint density at radius 3 is 2.41 bits per heavy atom. The lowest BCUT2D eigenvalue weighted by Crippen LogP contribution is -2.42. The fourth-order valence-electron chi connectivity index (χ4n) is 2.95. The number of piperidine rings is 1. The van der Waals surface area contributed by atoms with Crippen LogP contribution in [0.4, 0.5) is 5.69 Å². The fraction of sp³-hybridized carbons (Fsp3) is 0.529. The number of hydrogen-bond acceptors (Lipinski definition) is 2. The largest absolute Gasteiger partial charge is 0.342 e. The molecule has 1 N–H and O–H groups in total. The summed E-state index contributed by atoms with van der Waals surface area (Å²) in [5, 5.41) is 3.65. The molecule has 0 spiro atoms. The van der Waals surface area contributed by atoms with Crippen molar-refractivity contribution in [3.05, 3.63) is 28.8 Å². The summed E-state index contributed by atoms with van der Waals surface area (Å²) < 4.78 is 0. The Bertz CT molecular complexity index is 590. The lowest BCUT2D eigenvalue weighted by atomic mass is 9.95. The van der Waals surface area contributed by atoms with Gasteiger partial charge in [-0.1, -0.05) is 11.6 Å². The van der Waals surface area contributed by atoms with Crippen LogP contribution in [0, 0.1) is 18.8 Å². The van der Waals surface area contributed by atoms with Gasteiger partial charge in [0.05, 0.1) is 0 Å². The second kappa shape index (κ2) is 6.29. The first kappa shape index (κ1) is 15.3. The van der Waals surface area contributed by atoms with Crippen molar-refractivity contribution < 1.29 is 9.59 Å². The quantitative estimate of drug-likeness (QED) is 0.929. The average Bonchev–Trinajstić information content (AvgIpc) is 3.34. The van der Waals surface area contributed by atoms with Gasteiger partial charge >= 0.3 is 0 Å². The van der Waals surface area contributed by atoms with E-state index in [0.29, 0.717) is 18.1 Å². The van der Waals surface area contributed by atoms with Crippen LogP contribution in [0.1, 0.15) is 31.2 Å². The molecule has 0 radical (unpaired) electrons. The molecule has 5 heteroatoms. The number of rotatable bonds is 3. The van der Waals surface area contributed by atoms with Gasteiger partial charge in [0.25, 0.3) is 0 Å². The number of carbonyl (C=O) groups is 2. The highest BCUT2D eigenvalue weighted by Crippen LogP contribution is 2.32. The van der Waals surface area contributed by atoms with Crippen molar-refractivity contribution >= 4 is 29.1 Å². The molecule has 3 rings (SSSR count). The van der Waals surface area contributed by atoms with E-state index in [4.69, 9.17) is 11.6 Å². The topological polar surface area (TPSA) is 49.4 Å². The molecular formula is C17H21ClN2O2. The minimum Gasteiger partial charge on any atom is -0.342 e. The maximum absolute atomic E-state index is 12.4. The smallest absolute Gasteiger partial charge is 0.227 e. The Kier molecular flexibility index (Phi) is 4.39. The summed E-state index contributed by atoms with van der Waals surface area (Å²) in [6.07, 6.45) is 3.57. The third kappa shape index (κ3) is 3.43. The molecule has 0 unspecified atom stereocenters. The lowest BCUT2D eigenvalue weighted by Gasteiger charge is -2.31. The van der Waals surface area contributed by atoms with Crippen molar-refractivity contribution in [2.45, 2.75) is 32.6 Å². The number of halogens is 1. The number of hydrogen-bond donors (Lipinski definition) is 1. The van der Waals surface area contributed by atoms with Crippen LogP contribution in [0.15, 0.2) is 18.2 Å². The van der Waals surface area contributed by atoms with Crippen molar-refractivity contribution in [2.24, 2.45) is 11.8 Å². The Balaban J connectivity index is 1.54. The highest BCUT2D eigenvalue weighted by Gasteiger charge is 2.35. The summed E-state index contributed by atoms with van der Waals surface area (Å²) in [6, 6.07) is 5.45. The van der Waals surface area contributed by atoms with E-state index >= 15 is 0 Å². The van der Waals surface area contributed by atoms with Crippen LogP contribution in [0.5, 0.6) is 0 Å². The molecule has 1 aliphatic heterocycles. The van der Waals surface area contributed by atoms with Gasteiger partial charge in [0.2, 0.25) is 11.8 Å². The summed E-state index contributed by atoms with van der Waals surface area (Å²) in [6.45, 7) is 3.33. The Hall–Kier alpha value is -1.55. The first-order chi connectivity index (χ1) is 10.5. The van der Waals surface area contributed by atoms with Gasteiger partial charge in [-0.2, -0.15) is 0 Å². The number of aryl methyl sites for hydroxylation is 1. The van der Waals surface area contributed by atoms with E-state index in [2.05, 4.69) is 5.32 Å². The minimum atomic E-state index is -0.0154. The van der Waals surface area contributed by atoms with E-state index in [1.165, 1.54) is 0 Å². The molecule has 4 nitrogen and oxygen atoms in total. The first-order valence-corrected chi connectivity index (χ1v) is 8.28. The average molecular weight is 321 g/mol. The Morgan fingerprint density at radius 2 is 1.82 bits per heavy atom. The molecule has 22 heavy (non-hydrogen) atoms. The van der Waals surface area contributed by atoms with E-state index in [9.17, 15) is 9.59 Å². The molecule has 1 saturated carbocycles. The third-order valence-corrected chi connectivity index (χ3v) is 4.79. The van der Waals surface area contributed by atoms with Gasteiger partial charge < -0.3 is 10.2 Å². The Morgan fingerprint density at radius 1 is 1.14 bits per heavy atom. The summed E-state index contributed by atoms with van der Waals surface area (Å²) in [5.74, 6) is 0.580. The van der Waals surface area contributed by atoms with Crippen molar-refractivity contribution in [1.29, 1.82) is 0 Å². The van der Waals surface area contributed by atoms with Crippen molar-refractivity contribution in [3.8, 4) is 0 Å². The van der Waals surface area contributed by atoms with Crippen molar-refractivity contribution in [1.82, 2.24) is 4.90 Å². The maximum Gasteiger partial charge on any atom is 0.227 e. The van der Waals surface area contributed by atoms with E-state index in [0.717, 1.165) is 36.9 Å². The molecule has 1 saturated heterocycles. The number of nitrogens with zero attached hydrogens (tertiary/aromatic N) is 1. The highest BCUT2D eigenvalue weighted by atomic mass is 35.5. The van der Waals surface area contributed by atoms with Gasteiger partial charge in [-0.15, -0.1) is 0 Å². The zero-order valence-corrected chi connectivity index (χ0v) is 13.5. The number of benzene rings is 1. The zero-order valence-electron chi connectivity index (χ0n) is 12.8. The SMILES string of the molecule is Cc1cc(Cl)ccc1NC(=O)C1CCN(C(=O)C2CC2)CC1. The lowest BCUT2D eigenvalue weighted by molar-refractivity contribution is -0.135. The number of amides is 2. The van der Waals surface area contributed by atoms with Gasteiger partial charge in [0, 0.05) is 35.6 Å². The van der Waals surface area contributed by atoms with Crippen molar-refractivity contribution in [3.63, 3.8) is 0 Å². The molecule has 1 aromatic carbocycles. The normalized spacial score (nSPS) is 19.1. The molecule has 1 aromatic rings. The molecule has 1 heterocycles. The van der Waals surface area contributed by atoms with Crippen LogP contribution in [-0.2, 0) is 9.59 Å². The van der Waals surface area contributed by atoms with Crippen LogP contribution < -0.4 is 5.32 Å². The third-order valence-electron chi connectivity index (χ3n) is 4.55. The Labute approximate surface area is 135 Å². The van der Waals surface area contributed by atoms with Crippen molar-refractivity contribution in [2.75, 3.05) is 18.4 Å². The molecule has 0 aromatic heterocycles. The fourth-order valence-corrected chi connectivity index (χ4v) is 3.18. The van der Waals surface area contributed by atoms with Crippen LogP contribution in [0.2, 0.25) is 5.02 Å². The van der Waals surface area contributed by atoms with Gasteiger partial charge in [-0.05, 0) is 56.4 Å². The van der Waals surface area contributed by atoms with Gasteiger partial charge in [0.1, 0.15) is 0 Å². The van der Waals surface area contributed by atoms with E-state index in [1.807, 2.05) is 24.0 Å². The second-order valence-electron chi connectivity index (χ2n) is 6.32.